The number of hydrogen-bond acceptors (Lipinski definition) is 6. The highest BCUT2D eigenvalue weighted by Crippen LogP contribution is 2.42. The second-order valence-electron chi connectivity index (χ2n) is 12.0. The number of nitrogens with one attached hydrogen (secondary N) is 1. The summed E-state index contributed by atoms with van der Waals surface area (Å²) in [5.74, 6) is 1.38. The lowest BCUT2D eigenvalue weighted by atomic mass is 9.97. The minimum atomic E-state index is -0.346. The summed E-state index contributed by atoms with van der Waals surface area (Å²) in [6.07, 6.45) is 1.44. The van der Waals surface area contributed by atoms with E-state index in [0.717, 1.165) is 71.5 Å². The quantitative estimate of drug-likeness (QED) is 0.213. The highest BCUT2D eigenvalue weighted by atomic mass is 16.3. The van der Waals surface area contributed by atoms with Crippen LogP contribution < -0.4 is 5.32 Å². The third-order valence-electron chi connectivity index (χ3n) is 9.21. The average Bonchev–Trinajstić information content (AvgIpc) is 3.74. The molecular weight excluding hydrogens is 592 g/mol. The molecule has 0 spiro atoms. The lowest BCUT2D eigenvalue weighted by Crippen LogP contribution is -2.33. The van der Waals surface area contributed by atoms with Crippen LogP contribution in [-0.4, -0.2) is 16.7 Å². The molecule has 1 aliphatic rings. The molecule has 1 atom stereocenters. The van der Waals surface area contributed by atoms with Crippen molar-refractivity contribution < 1.29 is 8.83 Å². The second kappa shape index (κ2) is 10.5. The largest absolute Gasteiger partial charge is 0.456 e. The Bertz CT molecular complexity index is 2770. The lowest BCUT2D eigenvalue weighted by Gasteiger charge is -2.24. The summed E-state index contributed by atoms with van der Waals surface area (Å²) < 4.78 is 12.8. The summed E-state index contributed by atoms with van der Waals surface area (Å²) in [6, 6.07) is 47.6. The van der Waals surface area contributed by atoms with Gasteiger partial charge in [-0.05, 0) is 46.2 Å². The van der Waals surface area contributed by atoms with Gasteiger partial charge in [0.15, 0.2) is 5.84 Å². The number of amidine groups is 2. The van der Waals surface area contributed by atoms with E-state index in [1.807, 2.05) is 66.7 Å². The fraction of sp³-hybridized carbons (Fsp3) is 0.0238. The van der Waals surface area contributed by atoms with Crippen molar-refractivity contribution >= 4 is 66.5 Å². The van der Waals surface area contributed by atoms with Gasteiger partial charge in [0.05, 0.1) is 5.39 Å². The Morgan fingerprint density at radius 1 is 0.562 bits per heavy atom. The van der Waals surface area contributed by atoms with Gasteiger partial charge in [-0.1, -0.05) is 115 Å². The summed E-state index contributed by atoms with van der Waals surface area (Å²) in [6.45, 7) is 0. The maximum Gasteiger partial charge on any atom is 0.228 e. The summed E-state index contributed by atoms with van der Waals surface area (Å²) in [5, 5.41) is 10.0. The van der Waals surface area contributed by atoms with E-state index in [2.05, 4.69) is 78.1 Å². The molecule has 0 saturated carbocycles. The zero-order valence-corrected chi connectivity index (χ0v) is 25.6. The molecule has 1 aliphatic heterocycles. The number of aliphatic imine (C=N–C) groups is 2. The van der Waals surface area contributed by atoms with E-state index in [1.165, 1.54) is 5.39 Å². The monoisotopic (exact) mass is 618 g/mol. The first-order valence-electron chi connectivity index (χ1n) is 16.0. The molecule has 0 saturated heterocycles. The van der Waals surface area contributed by atoms with Crippen LogP contribution in [0.5, 0.6) is 0 Å². The van der Waals surface area contributed by atoms with Crippen LogP contribution in [0.2, 0.25) is 0 Å². The predicted molar refractivity (Wildman–Crippen MR) is 194 cm³/mol. The van der Waals surface area contributed by atoms with E-state index in [1.54, 1.807) is 6.20 Å². The van der Waals surface area contributed by atoms with Gasteiger partial charge in [0, 0.05) is 39.0 Å². The minimum absolute atomic E-state index is 0.346. The smallest absolute Gasteiger partial charge is 0.228 e. The Balaban J connectivity index is 1.17. The maximum absolute atomic E-state index is 6.62. The highest BCUT2D eigenvalue weighted by molar-refractivity contribution is 6.23. The van der Waals surface area contributed by atoms with Gasteiger partial charge in [-0.25, -0.2) is 15.0 Å². The molecule has 0 aliphatic carbocycles. The molecule has 3 aromatic heterocycles. The van der Waals surface area contributed by atoms with Crippen LogP contribution in [0.1, 0.15) is 22.9 Å². The summed E-state index contributed by atoms with van der Waals surface area (Å²) in [7, 11) is 0. The molecule has 0 radical (unpaired) electrons. The zero-order valence-electron chi connectivity index (χ0n) is 25.6. The SMILES string of the molecule is c1ccc(C2=NC(c3ccc4ccccc4c3)NC(c3ccnc4oc5c(-c6cccc7oc8ccccc8c67)cccc5c34)=N2)cc1. The summed E-state index contributed by atoms with van der Waals surface area (Å²) in [5.41, 5.74) is 7.95. The van der Waals surface area contributed by atoms with E-state index in [0.29, 0.717) is 17.4 Å². The maximum atomic E-state index is 6.62. The Labute approximate surface area is 274 Å². The molecule has 1 unspecified atom stereocenters. The van der Waals surface area contributed by atoms with Crippen molar-refractivity contribution in [2.24, 2.45) is 9.98 Å². The summed E-state index contributed by atoms with van der Waals surface area (Å²) in [4.78, 5) is 14.9. The second-order valence-corrected chi connectivity index (χ2v) is 12.0. The standard InChI is InChI=1S/C42H26N4O2/c1-2-11-26(12-3-1)39-44-40(28-21-20-25-10-4-5-13-27(25)24-28)46-41(45-39)33-22-23-43-42-37(33)32-17-8-16-30(38(32)48-42)29-15-9-19-35-36(29)31-14-6-7-18-34(31)47-35/h1-24,40H,(H,44,45,46). The van der Waals surface area contributed by atoms with Crippen LogP contribution in [0.4, 0.5) is 0 Å². The Morgan fingerprint density at radius 2 is 1.33 bits per heavy atom. The first kappa shape index (κ1) is 26.7. The molecule has 226 valence electrons. The van der Waals surface area contributed by atoms with Gasteiger partial charge in [0.2, 0.25) is 5.71 Å². The van der Waals surface area contributed by atoms with Gasteiger partial charge in [-0.15, -0.1) is 0 Å². The Morgan fingerprint density at radius 3 is 2.27 bits per heavy atom. The Kier molecular flexibility index (Phi) is 5.84. The van der Waals surface area contributed by atoms with Gasteiger partial charge < -0.3 is 14.2 Å². The van der Waals surface area contributed by atoms with Crippen LogP contribution in [0.25, 0.3) is 65.9 Å². The number of furan rings is 2. The van der Waals surface area contributed by atoms with Crippen LogP contribution in [-0.2, 0) is 0 Å². The average molecular weight is 619 g/mol. The molecule has 48 heavy (non-hydrogen) atoms. The molecular formula is C42H26N4O2. The molecule has 0 fully saturated rings. The van der Waals surface area contributed by atoms with Gasteiger partial charge >= 0.3 is 0 Å². The van der Waals surface area contributed by atoms with Crippen molar-refractivity contribution in [1.29, 1.82) is 0 Å². The van der Waals surface area contributed by atoms with E-state index in [-0.39, 0.29) is 6.17 Å². The lowest BCUT2D eigenvalue weighted by molar-refractivity contribution is 0.654. The molecule has 10 rings (SSSR count). The minimum Gasteiger partial charge on any atom is -0.456 e. The number of benzene rings is 6. The number of nitrogens with zero attached hydrogens (tertiary/aromatic N) is 3. The molecule has 1 N–H and O–H groups in total. The fourth-order valence-electron chi connectivity index (χ4n) is 6.98. The molecule has 0 bridgehead atoms. The molecule has 4 heterocycles. The molecule has 6 aromatic carbocycles. The summed E-state index contributed by atoms with van der Waals surface area (Å²) >= 11 is 0. The molecule has 9 aromatic rings. The number of rotatable bonds is 4. The van der Waals surface area contributed by atoms with Crippen LogP contribution in [0, 0.1) is 0 Å². The van der Waals surface area contributed by atoms with Crippen LogP contribution in [0.3, 0.4) is 0 Å². The normalized spacial score (nSPS) is 14.9. The van der Waals surface area contributed by atoms with Crippen molar-refractivity contribution in [3.05, 3.63) is 162 Å². The van der Waals surface area contributed by atoms with Crippen molar-refractivity contribution in [3.63, 3.8) is 0 Å². The van der Waals surface area contributed by atoms with Crippen molar-refractivity contribution in [1.82, 2.24) is 10.3 Å². The number of aromatic nitrogens is 1. The first-order chi connectivity index (χ1) is 23.8. The number of fused-ring (bicyclic) bond motifs is 7. The third kappa shape index (κ3) is 4.16. The van der Waals surface area contributed by atoms with Crippen molar-refractivity contribution in [2.45, 2.75) is 6.17 Å². The number of para-hydroxylation sites is 2. The predicted octanol–water partition coefficient (Wildman–Crippen LogP) is 10.2. The van der Waals surface area contributed by atoms with Gasteiger partial charge in [0.25, 0.3) is 0 Å². The Hall–Kier alpha value is -6.53. The molecule has 6 nitrogen and oxygen atoms in total. The van der Waals surface area contributed by atoms with Crippen LogP contribution in [0.15, 0.2) is 165 Å². The fourth-order valence-corrected chi connectivity index (χ4v) is 6.98. The third-order valence-corrected chi connectivity index (χ3v) is 9.21. The topological polar surface area (TPSA) is 75.9 Å². The molecule has 6 heteroatoms. The van der Waals surface area contributed by atoms with Crippen molar-refractivity contribution in [3.8, 4) is 11.1 Å². The first-order valence-corrected chi connectivity index (χ1v) is 16.0. The van der Waals surface area contributed by atoms with E-state index in [4.69, 9.17) is 23.8 Å². The van der Waals surface area contributed by atoms with Gasteiger partial charge in [-0.2, -0.15) is 0 Å². The highest BCUT2D eigenvalue weighted by Gasteiger charge is 2.25. The van der Waals surface area contributed by atoms with E-state index >= 15 is 0 Å². The number of hydrogen-bond donors (Lipinski definition) is 1. The van der Waals surface area contributed by atoms with Crippen molar-refractivity contribution in [2.75, 3.05) is 0 Å². The van der Waals surface area contributed by atoms with E-state index < -0.39 is 0 Å². The molecule has 0 amide bonds. The van der Waals surface area contributed by atoms with Crippen LogP contribution >= 0.6 is 0 Å². The van der Waals surface area contributed by atoms with E-state index in [9.17, 15) is 0 Å². The van der Waals surface area contributed by atoms with Gasteiger partial charge in [-0.3, -0.25) is 0 Å². The zero-order chi connectivity index (χ0) is 31.6. The van der Waals surface area contributed by atoms with Gasteiger partial charge in [0.1, 0.15) is 28.8 Å². The number of pyridine rings is 1.